The third-order valence-corrected chi connectivity index (χ3v) is 1.73. The van der Waals surface area contributed by atoms with Crippen LogP contribution in [0, 0.1) is 6.92 Å². The monoisotopic (exact) mass is 203 g/mol. The van der Waals surface area contributed by atoms with E-state index >= 15 is 0 Å². The Kier molecular flexibility index (Phi) is 6.81. The molecule has 0 aliphatic rings. The minimum Gasteiger partial charge on any atom is -0.307 e. The van der Waals surface area contributed by atoms with Gasteiger partial charge in [0.05, 0.1) is 5.52 Å². The first-order chi connectivity index (χ1) is 7.36. The van der Waals surface area contributed by atoms with Crippen LogP contribution in [0.1, 0.15) is 19.4 Å². The summed E-state index contributed by atoms with van der Waals surface area (Å²) in [6, 6.07) is 10.3. The molecular formula is C13H17NO. The van der Waals surface area contributed by atoms with Crippen molar-refractivity contribution in [3.8, 4) is 0 Å². The maximum Gasteiger partial charge on any atom is 0.106 e. The van der Waals surface area contributed by atoms with E-state index < -0.39 is 0 Å². The number of aryl methyl sites for hydroxylation is 1. The molecule has 15 heavy (non-hydrogen) atoms. The van der Waals surface area contributed by atoms with E-state index in [1.807, 2.05) is 45.0 Å². The average Bonchev–Trinajstić information content (AvgIpc) is 2.34. The van der Waals surface area contributed by atoms with Crippen molar-refractivity contribution in [2.75, 3.05) is 0 Å². The van der Waals surface area contributed by atoms with Crippen LogP contribution in [0.5, 0.6) is 0 Å². The Morgan fingerprint density at radius 1 is 1.13 bits per heavy atom. The molecule has 0 saturated heterocycles. The van der Waals surface area contributed by atoms with Gasteiger partial charge in [-0.15, -0.1) is 0 Å². The molecule has 0 amide bonds. The summed E-state index contributed by atoms with van der Waals surface area (Å²) in [6.45, 7) is 8.06. The lowest BCUT2D eigenvalue weighted by molar-refractivity contribution is -0.0979. The number of para-hydroxylation sites is 1. The van der Waals surface area contributed by atoms with E-state index in [2.05, 4.69) is 24.0 Å². The highest BCUT2D eigenvalue weighted by atomic mass is 16.1. The fraction of sp³-hybridized carbons (Fsp3) is 0.231. The van der Waals surface area contributed by atoms with E-state index in [1.165, 1.54) is 10.9 Å². The summed E-state index contributed by atoms with van der Waals surface area (Å²) < 4.78 is 0. The summed E-state index contributed by atoms with van der Waals surface area (Å²) in [5, 5.41) is 1.22. The summed E-state index contributed by atoms with van der Waals surface area (Å²) in [5.74, 6) is 0. The van der Waals surface area contributed by atoms with Gasteiger partial charge in [0.15, 0.2) is 0 Å². The fourth-order valence-electron chi connectivity index (χ4n) is 1.18. The van der Waals surface area contributed by atoms with Gasteiger partial charge >= 0.3 is 0 Å². The van der Waals surface area contributed by atoms with Crippen LogP contribution in [0.2, 0.25) is 0 Å². The molecule has 80 valence electrons. The van der Waals surface area contributed by atoms with E-state index in [0.717, 1.165) is 5.52 Å². The summed E-state index contributed by atoms with van der Waals surface area (Å²) in [6.07, 6.45) is 1.89. The lowest BCUT2D eigenvalue weighted by atomic mass is 10.2. The maximum atomic E-state index is 8.00. The van der Waals surface area contributed by atoms with Crippen molar-refractivity contribution in [3.05, 3.63) is 42.1 Å². The quantitative estimate of drug-likeness (QED) is 0.657. The van der Waals surface area contributed by atoms with Gasteiger partial charge in [-0.05, 0) is 24.6 Å². The van der Waals surface area contributed by atoms with Gasteiger partial charge in [-0.2, -0.15) is 0 Å². The standard InChI is InChI=1S/C10H9N.C2H6.CH2O/c1-8-6-9-4-2-3-5-10(9)11-7-8;2*1-2/h2-7H,1H3;1-2H3;1H2. The molecule has 0 unspecified atom stereocenters. The highest BCUT2D eigenvalue weighted by Crippen LogP contribution is 2.11. The van der Waals surface area contributed by atoms with Gasteiger partial charge in [-0.25, -0.2) is 0 Å². The number of hydrogen-bond donors (Lipinski definition) is 0. The van der Waals surface area contributed by atoms with Crippen LogP contribution in [-0.2, 0) is 4.79 Å². The number of benzene rings is 1. The number of pyridine rings is 1. The van der Waals surface area contributed by atoms with Gasteiger partial charge in [-0.1, -0.05) is 32.0 Å². The molecule has 0 N–H and O–H groups in total. The molecule has 0 fully saturated rings. The largest absolute Gasteiger partial charge is 0.307 e. The summed E-state index contributed by atoms with van der Waals surface area (Å²) in [5.41, 5.74) is 2.28. The third-order valence-electron chi connectivity index (χ3n) is 1.73. The van der Waals surface area contributed by atoms with Gasteiger partial charge in [0.1, 0.15) is 6.79 Å². The van der Waals surface area contributed by atoms with Gasteiger partial charge in [-0.3, -0.25) is 4.98 Å². The molecule has 2 heteroatoms. The van der Waals surface area contributed by atoms with Gasteiger partial charge in [0.2, 0.25) is 0 Å². The average molecular weight is 203 g/mol. The molecule has 0 atom stereocenters. The number of fused-ring (bicyclic) bond motifs is 1. The molecular weight excluding hydrogens is 186 g/mol. The van der Waals surface area contributed by atoms with Gasteiger partial charge in [0.25, 0.3) is 0 Å². The van der Waals surface area contributed by atoms with E-state index in [4.69, 9.17) is 4.79 Å². The molecule has 1 heterocycles. The normalized spacial score (nSPS) is 8.20. The number of hydrogen-bond acceptors (Lipinski definition) is 2. The zero-order valence-corrected chi connectivity index (χ0v) is 9.53. The molecule has 1 aromatic carbocycles. The number of aromatic nitrogens is 1. The lowest BCUT2D eigenvalue weighted by Gasteiger charge is -1.95. The number of carbonyl (C=O) groups excluding carboxylic acids is 1. The summed E-state index contributed by atoms with van der Waals surface area (Å²) in [7, 11) is 0. The molecule has 2 aromatic rings. The molecule has 0 aliphatic carbocycles. The molecule has 2 nitrogen and oxygen atoms in total. The van der Waals surface area contributed by atoms with Crippen LogP contribution >= 0.6 is 0 Å². The van der Waals surface area contributed by atoms with Gasteiger partial charge < -0.3 is 4.79 Å². The Morgan fingerprint density at radius 2 is 1.73 bits per heavy atom. The van der Waals surface area contributed by atoms with Crippen molar-refractivity contribution >= 4 is 17.7 Å². The lowest BCUT2D eigenvalue weighted by Crippen LogP contribution is -1.78. The van der Waals surface area contributed by atoms with Gasteiger partial charge in [0, 0.05) is 11.6 Å². The first-order valence-corrected chi connectivity index (χ1v) is 4.96. The maximum absolute atomic E-state index is 8.00. The fourth-order valence-corrected chi connectivity index (χ4v) is 1.18. The second-order valence-electron chi connectivity index (χ2n) is 2.71. The van der Waals surface area contributed by atoms with E-state index in [0.29, 0.717) is 0 Å². The number of carbonyl (C=O) groups is 1. The highest BCUT2D eigenvalue weighted by molar-refractivity contribution is 5.78. The van der Waals surface area contributed by atoms with Crippen molar-refractivity contribution < 1.29 is 4.79 Å². The van der Waals surface area contributed by atoms with Crippen LogP contribution in [0.25, 0.3) is 10.9 Å². The number of rotatable bonds is 0. The Bertz CT molecular complexity index is 398. The SMILES string of the molecule is C=O.CC.Cc1cnc2ccccc2c1. The van der Waals surface area contributed by atoms with Crippen molar-refractivity contribution in [1.82, 2.24) is 4.98 Å². The highest BCUT2D eigenvalue weighted by Gasteiger charge is 1.90. The second-order valence-corrected chi connectivity index (χ2v) is 2.71. The molecule has 0 aliphatic heterocycles. The van der Waals surface area contributed by atoms with E-state index in [9.17, 15) is 0 Å². The van der Waals surface area contributed by atoms with Crippen molar-refractivity contribution in [2.24, 2.45) is 0 Å². The minimum absolute atomic E-state index is 1.07. The van der Waals surface area contributed by atoms with Crippen LogP contribution in [-0.4, -0.2) is 11.8 Å². The zero-order valence-electron chi connectivity index (χ0n) is 9.53. The Labute approximate surface area is 91.0 Å². The van der Waals surface area contributed by atoms with E-state index in [1.54, 1.807) is 0 Å². The predicted octanol–water partition coefficient (Wildman–Crippen LogP) is 3.38. The molecule has 0 saturated carbocycles. The number of nitrogens with zero attached hydrogens (tertiary/aromatic N) is 1. The Balaban J connectivity index is 0.000000442. The van der Waals surface area contributed by atoms with Crippen LogP contribution in [0.15, 0.2) is 36.5 Å². The first kappa shape index (κ1) is 13.3. The van der Waals surface area contributed by atoms with E-state index in [-0.39, 0.29) is 0 Å². The summed E-state index contributed by atoms with van der Waals surface area (Å²) >= 11 is 0. The first-order valence-electron chi connectivity index (χ1n) is 4.96. The van der Waals surface area contributed by atoms with Crippen molar-refractivity contribution in [3.63, 3.8) is 0 Å². The van der Waals surface area contributed by atoms with Crippen LogP contribution < -0.4 is 0 Å². The third kappa shape index (κ3) is 3.90. The van der Waals surface area contributed by atoms with Crippen molar-refractivity contribution in [1.29, 1.82) is 0 Å². The van der Waals surface area contributed by atoms with Crippen LogP contribution in [0.3, 0.4) is 0 Å². The van der Waals surface area contributed by atoms with Crippen LogP contribution in [0.4, 0.5) is 0 Å². The second kappa shape index (κ2) is 7.68. The molecule has 1 aromatic heterocycles. The molecule has 0 spiro atoms. The summed E-state index contributed by atoms with van der Waals surface area (Å²) in [4.78, 5) is 12.3. The Morgan fingerprint density at radius 3 is 2.40 bits per heavy atom. The molecule has 2 rings (SSSR count). The minimum atomic E-state index is 1.07. The topological polar surface area (TPSA) is 30.0 Å². The Hall–Kier alpha value is -1.70. The zero-order chi connectivity index (χ0) is 11.7. The predicted molar refractivity (Wildman–Crippen MR) is 64.9 cm³/mol. The van der Waals surface area contributed by atoms with Crippen molar-refractivity contribution in [2.45, 2.75) is 20.8 Å². The smallest absolute Gasteiger partial charge is 0.106 e. The molecule has 0 bridgehead atoms. The molecule has 0 radical (unpaired) electrons.